The van der Waals surface area contributed by atoms with Crippen LogP contribution in [-0.2, 0) is 16.1 Å². The van der Waals surface area contributed by atoms with Gasteiger partial charge in [-0.25, -0.2) is 5.84 Å². The molecule has 1 saturated heterocycles. The molecule has 1 aromatic carbocycles. The SMILES string of the molecule is NNC(=O)c1cccc(CN2C(=O)C3CCCC3C2=O)c1. The van der Waals surface area contributed by atoms with Crippen molar-refractivity contribution in [2.45, 2.75) is 25.8 Å². The Hall–Kier alpha value is -2.21. The van der Waals surface area contributed by atoms with Gasteiger partial charge >= 0.3 is 0 Å². The number of benzene rings is 1. The molecule has 2 aliphatic rings. The Labute approximate surface area is 122 Å². The molecule has 110 valence electrons. The first-order valence-electron chi connectivity index (χ1n) is 7.07. The van der Waals surface area contributed by atoms with Crippen LogP contribution in [0.1, 0.15) is 35.2 Å². The van der Waals surface area contributed by atoms with E-state index in [2.05, 4.69) is 5.43 Å². The molecule has 0 spiro atoms. The average Bonchev–Trinajstić information content (AvgIpc) is 3.07. The summed E-state index contributed by atoms with van der Waals surface area (Å²) in [5.74, 6) is 4.30. The zero-order chi connectivity index (χ0) is 15.0. The lowest BCUT2D eigenvalue weighted by Gasteiger charge is -2.16. The Bertz CT molecular complexity index is 592. The van der Waals surface area contributed by atoms with Crippen molar-refractivity contribution in [3.63, 3.8) is 0 Å². The minimum atomic E-state index is -0.396. The third-order valence-electron chi connectivity index (χ3n) is 4.34. The quantitative estimate of drug-likeness (QED) is 0.368. The molecular formula is C15H17N3O3. The molecule has 0 aromatic heterocycles. The minimum absolute atomic E-state index is 0.0730. The number of carbonyl (C=O) groups excluding carboxylic acids is 3. The number of hydrogen-bond acceptors (Lipinski definition) is 4. The lowest BCUT2D eigenvalue weighted by molar-refractivity contribution is -0.141. The first-order chi connectivity index (χ1) is 10.1. The zero-order valence-electron chi connectivity index (χ0n) is 11.5. The van der Waals surface area contributed by atoms with Gasteiger partial charge in [-0.05, 0) is 30.5 Å². The van der Waals surface area contributed by atoms with Crippen molar-refractivity contribution in [3.05, 3.63) is 35.4 Å². The van der Waals surface area contributed by atoms with Crippen LogP contribution < -0.4 is 11.3 Å². The van der Waals surface area contributed by atoms with Crippen molar-refractivity contribution in [3.8, 4) is 0 Å². The standard InChI is InChI=1S/C15H17N3O3/c16-17-13(19)10-4-1-3-9(7-10)8-18-14(20)11-5-2-6-12(11)15(18)21/h1,3-4,7,11-12H,2,5-6,8,16H2,(H,17,19). The number of hydrazine groups is 1. The summed E-state index contributed by atoms with van der Waals surface area (Å²) < 4.78 is 0. The summed E-state index contributed by atoms with van der Waals surface area (Å²) >= 11 is 0. The van der Waals surface area contributed by atoms with E-state index in [-0.39, 0.29) is 30.2 Å². The molecule has 2 fully saturated rings. The van der Waals surface area contributed by atoms with Gasteiger partial charge in [-0.3, -0.25) is 24.7 Å². The van der Waals surface area contributed by atoms with Gasteiger partial charge in [0.15, 0.2) is 0 Å². The summed E-state index contributed by atoms with van der Waals surface area (Å²) in [7, 11) is 0. The molecule has 0 bridgehead atoms. The second kappa shape index (κ2) is 5.29. The lowest BCUT2D eigenvalue weighted by Crippen LogP contribution is -2.32. The maximum Gasteiger partial charge on any atom is 0.265 e. The molecule has 6 heteroatoms. The van der Waals surface area contributed by atoms with Gasteiger partial charge in [0.25, 0.3) is 5.91 Å². The molecule has 21 heavy (non-hydrogen) atoms. The van der Waals surface area contributed by atoms with Gasteiger partial charge in [-0.2, -0.15) is 0 Å². The van der Waals surface area contributed by atoms with Crippen molar-refractivity contribution in [2.75, 3.05) is 0 Å². The van der Waals surface area contributed by atoms with Crippen LogP contribution in [0, 0.1) is 11.8 Å². The number of amides is 3. The highest BCUT2D eigenvalue weighted by atomic mass is 16.2. The van der Waals surface area contributed by atoms with E-state index in [4.69, 9.17) is 5.84 Å². The van der Waals surface area contributed by atoms with E-state index in [0.717, 1.165) is 24.8 Å². The van der Waals surface area contributed by atoms with Crippen LogP contribution >= 0.6 is 0 Å². The highest BCUT2D eigenvalue weighted by Crippen LogP contribution is 2.40. The highest BCUT2D eigenvalue weighted by Gasteiger charge is 2.49. The molecule has 0 radical (unpaired) electrons. The Balaban J connectivity index is 1.79. The number of fused-ring (bicyclic) bond motifs is 1. The fraction of sp³-hybridized carbons (Fsp3) is 0.400. The Morgan fingerprint density at radius 1 is 1.24 bits per heavy atom. The first kappa shape index (κ1) is 13.8. The largest absolute Gasteiger partial charge is 0.290 e. The topological polar surface area (TPSA) is 92.5 Å². The van der Waals surface area contributed by atoms with Crippen LogP contribution in [-0.4, -0.2) is 22.6 Å². The number of nitrogen functional groups attached to an aromatic ring is 1. The smallest absolute Gasteiger partial charge is 0.265 e. The summed E-state index contributed by atoms with van der Waals surface area (Å²) in [4.78, 5) is 37.4. The van der Waals surface area contributed by atoms with Crippen molar-refractivity contribution < 1.29 is 14.4 Å². The molecule has 1 aliphatic heterocycles. The fourth-order valence-electron chi connectivity index (χ4n) is 3.29. The molecule has 3 N–H and O–H groups in total. The molecule has 3 amide bonds. The van der Waals surface area contributed by atoms with E-state index in [1.807, 2.05) is 0 Å². The summed E-state index contributed by atoms with van der Waals surface area (Å²) in [5.41, 5.74) is 3.22. The third-order valence-corrected chi connectivity index (χ3v) is 4.34. The normalized spacial score (nSPS) is 24.3. The van der Waals surface area contributed by atoms with Crippen LogP contribution in [0.15, 0.2) is 24.3 Å². The zero-order valence-corrected chi connectivity index (χ0v) is 11.5. The van der Waals surface area contributed by atoms with Crippen LogP contribution in [0.3, 0.4) is 0 Å². The van der Waals surface area contributed by atoms with Crippen LogP contribution in [0.2, 0.25) is 0 Å². The molecule has 1 saturated carbocycles. The number of likely N-dealkylation sites (tertiary alicyclic amines) is 1. The lowest BCUT2D eigenvalue weighted by atomic mass is 10.00. The molecule has 1 aromatic rings. The van der Waals surface area contributed by atoms with E-state index in [9.17, 15) is 14.4 Å². The summed E-state index contributed by atoms with van der Waals surface area (Å²) in [6, 6.07) is 6.79. The second-order valence-corrected chi connectivity index (χ2v) is 5.58. The molecule has 2 atom stereocenters. The highest BCUT2D eigenvalue weighted by molar-refractivity contribution is 6.05. The summed E-state index contributed by atoms with van der Waals surface area (Å²) in [6.07, 6.45) is 2.57. The van der Waals surface area contributed by atoms with E-state index in [0.29, 0.717) is 5.56 Å². The van der Waals surface area contributed by atoms with Crippen molar-refractivity contribution in [2.24, 2.45) is 17.7 Å². The predicted octanol–water partition coefficient (Wildman–Crippen LogP) is 0.575. The Kier molecular flexibility index (Phi) is 3.47. The van der Waals surface area contributed by atoms with E-state index in [1.54, 1.807) is 24.3 Å². The van der Waals surface area contributed by atoms with E-state index >= 15 is 0 Å². The van der Waals surface area contributed by atoms with Gasteiger partial charge < -0.3 is 0 Å². The van der Waals surface area contributed by atoms with Gasteiger partial charge in [0.1, 0.15) is 0 Å². The third kappa shape index (κ3) is 2.31. The van der Waals surface area contributed by atoms with Crippen LogP contribution in [0.25, 0.3) is 0 Å². The van der Waals surface area contributed by atoms with Crippen molar-refractivity contribution >= 4 is 17.7 Å². The van der Waals surface area contributed by atoms with Gasteiger partial charge in [0.2, 0.25) is 11.8 Å². The number of imide groups is 1. The van der Waals surface area contributed by atoms with Gasteiger partial charge in [0, 0.05) is 5.56 Å². The maximum atomic E-state index is 12.3. The molecule has 6 nitrogen and oxygen atoms in total. The molecule has 1 heterocycles. The van der Waals surface area contributed by atoms with Crippen LogP contribution in [0.5, 0.6) is 0 Å². The Morgan fingerprint density at radius 2 is 1.90 bits per heavy atom. The van der Waals surface area contributed by atoms with Gasteiger partial charge in [0.05, 0.1) is 18.4 Å². The van der Waals surface area contributed by atoms with Crippen LogP contribution in [0.4, 0.5) is 0 Å². The number of hydrogen-bond donors (Lipinski definition) is 2. The number of rotatable bonds is 3. The predicted molar refractivity (Wildman–Crippen MR) is 74.5 cm³/mol. The van der Waals surface area contributed by atoms with Crippen molar-refractivity contribution in [1.82, 2.24) is 10.3 Å². The number of nitrogens with zero attached hydrogens (tertiary/aromatic N) is 1. The molecule has 3 rings (SSSR count). The number of carbonyl (C=O) groups is 3. The van der Waals surface area contributed by atoms with Gasteiger partial charge in [-0.1, -0.05) is 18.6 Å². The van der Waals surface area contributed by atoms with E-state index < -0.39 is 5.91 Å². The average molecular weight is 287 g/mol. The maximum absolute atomic E-state index is 12.3. The summed E-state index contributed by atoms with van der Waals surface area (Å²) in [6.45, 7) is 0.219. The first-order valence-corrected chi connectivity index (χ1v) is 7.07. The molecular weight excluding hydrogens is 270 g/mol. The molecule has 1 aliphatic carbocycles. The molecule has 2 unspecified atom stereocenters. The number of nitrogens with two attached hydrogens (primary N) is 1. The van der Waals surface area contributed by atoms with E-state index in [1.165, 1.54) is 4.90 Å². The van der Waals surface area contributed by atoms with Gasteiger partial charge in [-0.15, -0.1) is 0 Å². The van der Waals surface area contributed by atoms with Crippen molar-refractivity contribution in [1.29, 1.82) is 0 Å². The number of nitrogens with one attached hydrogen (secondary N) is 1. The minimum Gasteiger partial charge on any atom is -0.290 e. The Morgan fingerprint density at radius 3 is 2.52 bits per heavy atom. The monoisotopic (exact) mass is 287 g/mol. The summed E-state index contributed by atoms with van der Waals surface area (Å²) in [5, 5.41) is 0. The second-order valence-electron chi connectivity index (χ2n) is 5.58. The fourth-order valence-corrected chi connectivity index (χ4v) is 3.29.